The molecule has 3 rings (SSSR count). The third kappa shape index (κ3) is 2.13. The Labute approximate surface area is 119 Å². The Morgan fingerprint density at radius 2 is 2.16 bits per heavy atom. The first kappa shape index (κ1) is 12.3. The molecule has 0 spiro atoms. The molecule has 0 saturated heterocycles. The minimum Gasteiger partial charge on any atom is -0.367 e. The highest BCUT2D eigenvalue weighted by atomic mass is 35.5. The number of nitrogens with zero attached hydrogens (tertiary/aromatic N) is 1. The van der Waals surface area contributed by atoms with E-state index in [9.17, 15) is 0 Å². The molecule has 5 heteroatoms. The highest BCUT2D eigenvalue weighted by Gasteiger charge is 2.20. The largest absolute Gasteiger partial charge is 0.367 e. The van der Waals surface area contributed by atoms with Crippen LogP contribution in [0.5, 0.6) is 0 Å². The third-order valence-electron chi connectivity index (χ3n) is 2.86. The maximum absolute atomic E-state index is 6.16. The average molecular weight is 291 g/mol. The molecule has 0 aliphatic carbocycles. The van der Waals surface area contributed by atoms with Gasteiger partial charge < -0.3 is 10.3 Å². The summed E-state index contributed by atoms with van der Waals surface area (Å²) in [6, 6.07) is 9.89. The Hall–Kier alpha value is -1.78. The van der Waals surface area contributed by atoms with Gasteiger partial charge in [0, 0.05) is 0 Å². The van der Waals surface area contributed by atoms with Crippen LogP contribution < -0.4 is 5.73 Å². The second-order valence-corrected chi connectivity index (χ2v) is 5.56. The van der Waals surface area contributed by atoms with Crippen molar-refractivity contribution in [3.8, 4) is 21.7 Å². The fourth-order valence-corrected chi connectivity index (χ4v) is 3.13. The number of hydrogen-bond acceptors (Lipinski definition) is 4. The minimum absolute atomic E-state index is 0.310. The highest BCUT2D eigenvalue weighted by Crippen LogP contribution is 2.41. The van der Waals surface area contributed by atoms with Gasteiger partial charge in [-0.25, -0.2) is 0 Å². The maximum Gasteiger partial charge on any atom is 0.230 e. The standard InChI is InChI=1S/C14H11ClN2OS/c1-8-3-2-4-9(7-8)11-12(17-18-14(11)16)13-10(15)5-6-19-13/h2-7H,16H2,1H3. The molecular weight excluding hydrogens is 280 g/mol. The van der Waals surface area contributed by atoms with Gasteiger partial charge in [-0.2, -0.15) is 0 Å². The first-order chi connectivity index (χ1) is 9.16. The van der Waals surface area contributed by atoms with Gasteiger partial charge in [0.25, 0.3) is 0 Å². The molecule has 3 aromatic rings. The predicted molar refractivity (Wildman–Crippen MR) is 79.4 cm³/mol. The van der Waals surface area contributed by atoms with E-state index < -0.39 is 0 Å². The molecule has 0 atom stereocenters. The number of aryl methyl sites for hydroxylation is 1. The smallest absolute Gasteiger partial charge is 0.230 e. The van der Waals surface area contributed by atoms with E-state index in [1.54, 1.807) is 0 Å². The average Bonchev–Trinajstić information content (AvgIpc) is 2.95. The number of aromatic nitrogens is 1. The lowest BCUT2D eigenvalue weighted by atomic mass is 10.0. The van der Waals surface area contributed by atoms with Crippen LogP contribution >= 0.6 is 22.9 Å². The van der Waals surface area contributed by atoms with Gasteiger partial charge in [-0.1, -0.05) is 46.6 Å². The van der Waals surface area contributed by atoms with E-state index in [4.69, 9.17) is 21.9 Å². The molecule has 2 aromatic heterocycles. The predicted octanol–water partition coefficient (Wildman–Crippen LogP) is 4.61. The number of nitrogens with two attached hydrogens (primary N) is 1. The van der Waals surface area contributed by atoms with E-state index in [-0.39, 0.29) is 0 Å². The van der Waals surface area contributed by atoms with Gasteiger partial charge in [-0.15, -0.1) is 11.3 Å². The van der Waals surface area contributed by atoms with Crippen molar-refractivity contribution in [2.45, 2.75) is 6.92 Å². The van der Waals surface area contributed by atoms with Crippen LogP contribution in [-0.4, -0.2) is 5.16 Å². The van der Waals surface area contributed by atoms with E-state index in [1.165, 1.54) is 11.3 Å². The zero-order valence-electron chi connectivity index (χ0n) is 10.2. The minimum atomic E-state index is 0.310. The fraction of sp³-hybridized carbons (Fsp3) is 0.0714. The van der Waals surface area contributed by atoms with Crippen molar-refractivity contribution < 1.29 is 4.52 Å². The number of anilines is 1. The van der Waals surface area contributed by atoms with Crippen molar-refractivity contribution in [3.63, 3.8) is 0 Å². The molecule has 2 heterocycles. The van der Waals surface area contributed by atoms with Crippen molar-refractivity contribution >= 4 is 28.8 Å². The van der Waals surface area contributed by atoms with Crippen LogP contribution in [0, 0.1) is 6.92 Å². The monoisotopic (exact) mass is 290 g/mol. The number of thiophene rings is 1. The van der Waals surface area contributed by atoms with Gasteiger partial charge in [-0.05, 0) is 23.9 Å². The highest BCUT2D eigenvalue weighted by molar-refractivity contribution is 7.14. The number of rotatable bonds is 2. The van der Waals surface area contributed by atoms with Gasteiger partial charge in [0.05, 0.1) is 15.5 Å². The fourth-order valence-electron chi connectivity index (χ4n) is 2.00. The molecule has 0 aliphatic rings. The molecular formula is C14H11ClN2OS. The van der Waals surface area contributed by atoms with Crippen LogP contribution in [-0.2, 0) is 0 Å². The Kier molecular flexibility index (Phi) is 3.05. The zero-order chi connectivity index (χ0) is 13.4. The summed E-state index contributed by atoms with van der Waals surface area (Å²) in [4.78, 5) is 0.874. The summed E-state index contributed by atoms with van der Waals surface area (Å²) >= 11 is 7.68. The van der Waals surface area contributed by atoms with Crippen LogP contribution in [0.3, 0.4) is 0 Å². The van der Waals surface area contributed by atoms with Crippen molar-refractivity contribution in [2.75, 3.05) is 5.73 Å². The summed E-state index contributed by atoms with van der Waals surface area (Å²) in [5, 5.41) is 6.63. The maximum atomic E-state index is 6.16. The molecule has 0 fully saturated rings. The molecule has 0 aliphatic heterocycles. The first-order valence-electron chi connectivity index (χ1n) is 5.72. The Balaban J connectivity index is 2.22. The lowest BCUT2D eigenvalue weighted by Gasteiger charge is -2.03. The Morgan fingerprint density at radius 3 is 2.84 bits per heavy atom. The molecule has 0 saturated carbocycles. The van der Waals surface area contributed by atoms with E-state index in [0.717, 1.165) is 21.6 Å². The number of nitrogen functional groups attached to an aromatic ring is 1. The summed E-state index contributed by atoms with van der Waals surface area (Å²) in [7, 11) is 0. The quantitative estimate of drug-likeness (QED) is 0.749. The second kappa shape index (κ2) is 4.72. The van der Waals surface area contributed by atoms with Crippen LogP contribution in [0.15, 0.2) is 40.2 Å². The van der Waals surface area contributed by atoms with E-state index in [0.29, 0.717) is 16.6 Å². The van der Waals surface area contributed by atoms with E-state index in [2.05, 4.69) is 5.16 Å². The van der Waals surface area contributed by atoms with Crippen molar-refractivity contribution in [1.29, 1.82) is 0 Å². The molecule has 0 unspecified atom stereocenters. The molecule has 0 bridgehead atoms. The number of halogens is 1. The van der Waals surface area contributed by atoms with Crippen LogP contribution in [0.1, 0.15) is 5.56 Å². The molecule has 3 nitrogen and oxygen atoms in total. The van der Waals surface area contributed by atoms with E-state index in [1.807, 2.05) is 42.6 Å². The molecule has 19 heavy (non-hydrogen) atoms. The summed E-state index contributed by atoms with van der Waals surface area (Å²) < 4.78 is 5.14. The molecule has 2 N–H and O–H groups in total. The van der Waals surface area contributed by atoms with Gasteiger partial charge in [0.2, 0.25) is 5.88 Å². The number of hydrogen-bond donors (Lipinski definition) is 1. The van der Waals surface area contributed by atoms with Crippen molar-refractivity contribution in [3.05, 3.63) is 46.3 Å². The molecule has 1 aromatic carbocycles. The van der Waals surface area contributed by atoms with Gasteiger partial charge >= 0.3 is 0 Å². The topological polar surface area (TPSA) is 52.0 Å². The number of benzene rings is 1. The van der Waals surface area contributed by atoms with Gasteiger partial charge in [-0.3, -0.25) is 0 Å². The Bertz CT molecular complexity index is 733. The van der Waals surface area contributed by atoms with Gasteiger partial charge in [0.15, 0.2) is 0 Å². The van der Waals surface area contributed by atoms with Crippen molar-refractivity contribution in [1.82, 2.24) is 5.16 Å². The van der Waals surface area contributed by atoms with E-state index >= 15 is 0 Å². The Morgan fingerprint density at radius 1 is 1.32 bits per heavy atom. The lowest BCUT2D eigenvalue weighted by Crippen LogP contribution is -1.87. The van der Waals surface area contributed by atoms with Crippen LogP contribution in [0.25, 0.3) is 21.7 Å². The first-order valence-corrected chi connectivity index (χ1v) is 6.98. The van der Waals surface area contributed by atoms with Crippen molar-refractivity contribution in [2.24, 2.45) is 0 Å². The van der Waals surface area contributed by atoms with Gasteiger partial charge in [0.1, 0.15) is 5.69 Å². The molecule has 0 amide bonds. The van der Waals surface area contributed by atoms with Crippen LogP contribution in [0.2, 0.25) is 5.02 Å². The lowest BCUT2D eigenvalue weighted by molar-refractivity contribution is 0.439. The summed E-state index contributed by atoms with van der Waals surface area (Å²) in [6.07, 6.45) is 0. The molecule has 0 radical (unpaired) electrons. The summed E-state index contributed by atoms with van der Waals surface area (Å²) in [6.45, 7) is 2.03. The summed E-state index contributed by atoms with van der Waals surface area (Å²) in [5.41, 5.74) is 9.55. The second-order valence-electron chi connectivity index (χ2n) is 4.24. The van der Waals surface area contributed by atoms with Crippen LogP contribution in [0.4, 0.5) is 5.88 Å². The third-order valence-corrected chi connectivity index (χ3v) is 4.21. The zero-order valence-corrected chi connectivity index (χ0v) is 11.8. The normalized spacial score (nSPS) is 10.8. The molecule has 96 valence electrons. The summed E-state index contributed by atoms with van der Waals surface area (Å²) in [5.74, 6) is 0.310. The SMILES string of the molecule is Cc1cccc(-c2c(-c3sccc3Cl)noc2N)c1.